The van der Waals surface area contributed by atoms with E-state index in [-0.39, 0.29) is 0 Å². The maximum Gasteiger partial charge on any atom is 0.119 e. The first-order valence-corrected chi connectivity index (χ1v) is 7.79. The molecule has 0 aliphatic heterocycles. The van der Waals surface area contributed by atoms with E-state index in [1.807, 2.05) is 0 Å². The highest BCUT2D eigenvalue weighted by Crippen LogP contribution is 2.32. The van der Waals surface area contributed by atoms with E-state index < -0.39 is 0 Å². The van der Waals surface area contributed by atoms with E-state index in [9.17, 15) is 0 Å². The van der Waals surface area contributed by atoms with Crippen molar-refractivity contribution >= 4 is 0 Å². The summed E-state index contributed by atoms with van der Waals surface area (Å²) in [4.78, 5) is 0. The fourth-order valence-corrected chi connectivity index (χ4v) is 3.57. The van der Waals surface area contributed by atoms with Crippen LogP contribution in [0.25, 0.3) is 0 Å². The highest BCUT2D eigenvalue weighted by molar-refractivity contribution is 5.39. The first-order chi connectivity index (χ1) is 9.36. The zero-order valence-corrected chi connectivity index (χ0v) is 12.0. The van der Waals surface area contributed by atoms with Gasteiger partial charge in [-0.3, -0.25) is 0 Å². The second-order valence-electron chi connectivity index (χ2n) is 6.06. The van der Waals surface area contributed by atoms with Crippen LogP contribution in [0.2, 0.25) is 0 Å². The van der Waals surface area contributed by atoms with Crippen LogP contribution in [0.4, 0.5) is 0 Å². The minimum atomic E-state index is 0.535. The lowest BCUT2D eigenvalue weighted by atomic mass is 9.87. The van der Waals surface area contributed by atoms with Gasteiger partial charge in [-0.05, 0) is 68.3 Å². The normalized spacial score (nSPS) is 23.3. The molecule has 1 aromatic carbocycles. The molecule has 0 amide bonds. The zero-order chi connectivity index (χ0) is 13.1. The van der Waals surface area contributed by atoms with Crippen molar-refractivity contribution < 1.29 is 4.74 Å². The molecule has 1 saturated carbocycles. The summed E-state index contributed by atoms with van der Waals surface area (Å²) in [6, 6.07) is 7.23. The monoisotopic (exact) mass is 259 g/mol. The van der Waals surface area contributed by atoms with Crippen molar-refractivity contribution in [3.8, 4) is 5.75 Å². The topological polar surface area (TPSA) is 21.3 Å². The van der Waals surface area contributed by atoms with Crippen LogP contribution < -0.4 is 10.1 Å². The Balaban J connectivity index is 1.66. The molecule has 2 heteroatoms. The predicted molar refractivity (Wildman–Crippen MR) is 78.6 cm³/mol. The predicted octanol–water partition coefficient (Wildman–Crippen LogP) is 3.85. The molecule has 0 radical (unpaired) electrons. The van der Waals surface area contributed by atoms with Gasteiger partial charge in [0.1, 0.15) is 5.75 Å². The molecule has 2 aliphatic carbocycles. The molecule has 0 bridgehead atoms. The highest BCUT2D eigenvalue weighted by Gasteiger charge is 2.20. The van der Waals surface area contributed by atoms with Gasteiger partial charge in [-0.2, -0.15) is 0 Å². The number of rotatable bonds is 4. The van der Waals surface area contributed by atoms with Crippen LogP contribution in [-0.4, -0.2) is 13.7 Å². The van der Waals surface area contributed by atoms with Crippen molar-refractivity contribution in [1.29, 1.82) is 0 Å². The van der Waals surface area contributed by atoms with E-state index in [1.165, 1.54) is 56.1 Å². The number of ether oxygens (including phenoxy) is 1. The van der Waals surface area contributed by atoms with Crippen molar-refractivity contribution in [2.24, 2.45) is 5.92 Å². The third-order valence-electron chi connectivity index (χ3n) is 4.74. The van der Waals surface area contributed by atoms with Gasteiger partial charge in [0, 0.05) is 6.04 Å². The molecule has 1 N–H and O–H groups in total. The van der Waals surface area contributed by atoms with E-state index in [4.69, 9.17) is 4.74 Å². The van der Waals surface area contributed by atoms with Crippen LogP contribution in [-0.2, 0) is 6.42 Å². The Kier molecular flexibility index (Phi) is 4.07. The maximum absolute atomic E-state index is 6.00. The van der Waals surface area contributed by atoms with Crippen LogP contribution in [0.3, 0.4) is 0 Å². The van der Waals surface area contributed by atoms with Gasteiger partial charge in [-0.15, -0.1) is 0 Å². The van der Waals surface area contributed by atoms with Crippen molar-refractivity contribution in [2.45, 2.75) is 51.0 Å². The van der Waals surface area contributed by atoms with Gasteiger partial charge in [0.05, 0.1) is 6.61 Å². The molecule has 19 heavy (non-hydrogen) atoms. The summed E-state index contributed by atoms with van der Waals surface area (Å²) >= 11 is 0. The lowest BCUT2D eigenvalue weighted by Crippen LogP contribution is -2.21. The second kappa shape index (κ2) is 5.96. The fourth-order valence-electron chi connectivity index (χ4n) is 3.57. The largest absolute Gasteiger partial charge is 0.493 e. The standard InChI is InChI=1S/C17H25NO/c1-18-17-8-4-7-14-11-15(9-10-16(14)17)19-12-13-5-2-3-6-13/h9-11,13,17-18H,2-8,12H2,1H3. The lowest BCUT2D eigenvalue weighted by molar-refractivity contribution is 0.251. The molecule has 0 saturated heterocycles. The fraction of sp³-hybridized carbons (Fsp3) is 0.647. The van der Waals surface area contributed by atoms with Gasteiger partial charge in [-0.25, -0.2) is 0 Å². The molecule has 2 nitrogen and oxygen atoms in total. The Labute approximate surface area is 116 Å². The van der Waals surface area contributed by atoms with Gasteiger partial charge in [0.25, 0.3) is 0 Å². The Morgan fingerprint density at radius 2 is 2.00 bits per heavy atom. The van der Waals surface area contributed by atoms with Crippen molar-refractivity contribution in [3.63, 3.8) is 0 Å². The lowest BCUT2D eigenvalue weighted by Gasteiger charge is -2.25. The number of nitrogens with one attached hydrogen (secondary N) is 1. The smallest absolute Gasteiger partial charge is 0.119 e. The molecular weight excluding hydrogens is 234 g/mol. The Morgan fingerprint density at radius 3 is 2.79 bits per heavy atom. The third kappa shape index (κ3) is 2.94. The molecule has 2 aliphatic rings. The first-order valence-electron chi connectivity index (χ1n) is 7.79. The van der Waals surface area contributed by atoms with E-state index in [2.05, 4.69) is 30.6 Å². The van der Waals surface area contributed by atoms with Gasteiger partial charge in [0.15, 0.2) is 0 Å². The van der Waals surface area contributed by atoms with Gasteiger partial charge >= 0.3 is 0 Å². The van der Waals surface area contributed by atoms with Crippen LogP contribution in [0.1, 0.15) is 55.7 Å². The second-order valence-corrected chi connectivity index (χ2v) is 6.06. The van der Waals surface area contributed by atoms with Crippen LogP contribution in [0.15, 0.2) is 18.2 Å². The summed E-state index contributed by atoms with van der Waals surface area (Å²) in [5.41, 5.74) is 2.96. The SMILES string of the molecule is CNC1CCCc2cc(OCC3CCCC3)ccc21. The average Bonchev–Trinajstić information content (AvgIpc) is 2.97. The van der Waals surface area contributed by atoms with Crippen molar-refractivity contribution in [2.75, 3.05) is 13.7 Å². The Morgan fingerprint density at radius 1 is 1.16 bits per heavy atom. The molecule has 0 aromatic heterocycles. The molecule has 3 rings (SSSR count). The quantitative estimate of drug-likeness (QED) is 0.886. The first kappa shape index (κ1) is 13.0. The summed E-state index contributed by atoms with van der Waals surface area (Å²) in [5, 5.41) is 3.42. The van der Waals surface area contributed by atoms with E-state index in [0.717, 1.165) is 18.3 Å². The summed E-state index contributed by atoms with van der Waals surface area (Å²) in [7, 11) is 2.06. The summed E-state index contributed by atoms with van der Waals surface area (Å²) < 4.78 is 6.00. The summed E-state index contributed by atoms with van der Waals surface area (Å²) in [6.45, 7) is 0.911. The number of hydrogen-bond donors (Lipinski definition) is 1. The van der Waals surface area contributed by atoms with Crippen LogP contribution in [0, 0.1) is 5.92 Å². The molecule has 0 heterocycles. The molecule has 1 aromatic rings. The minimum Gasteiger partial charge on any atom is -0.493 e. The van der Waals surface area contributed by atoms with Crippen LogP contribution in [0.5, 0.6) is 5.75 Å². The number of hydrogen-bond acceptors (Lipinski definition) is 2. The third-order valence-corrected chi connectivity index (χ3v) is 4.74. The van der Waals surface area contributed by atoms with Gasteiger partial charge in [0.2, 0.25) is 0 Å². The molecule has 1 fully saturated rings. The minimum absolute atomic E-state index is 0.535. The highest BCUT2D eigenvalue weighted by atomic mass is 16.5. The van der Waals surface area contributed by atoms with Crippen molar-refractivity contribution in [3.05, 3.63) is 29.3 Å². The van der Waals surface area contributed by atoms with E-state index >= 15 is 0 Å². The van der Waals surface area contributed by atoms with Crippen molar-refractivity contribution in [1.82, 2.24) is 5.32 Å². The van der Waals surface area contributed by atoms with Gasteiger partial charge in [-0.1, -0.05) is 18.9 Å². The summed E-state index contributed by atoms with van der Waals surface area (Å²) in [6.07, 6.45) is 9.23. The molecule has 1 unspecified atom stereocenters. The molecule has 1 atom stereocenters. The Bertz CT molecular complexity index is 423. The molecular formula is C17H25NO. The average molecular weight is 259 g/mol. The maximum atomic E-state index is 6.00. The van der Waals surface area contributed by atoms with E-state index in [0.29, 0.717) is 6.04 Å². The summed E-state index contributed by atoms with van der Waals surface area (Å²) in [5.74, 6) is 1.86. The zero-order valence-electron chi connectivity index (χ0n) is 12.0. The van der Waals surface area contributed by atoms with E-state index in [1.54, 1.807) is 0 Å². The molecule has 0 spiro atoms. The van der Waals surface area contributed by atoms with Gasteiger partial charge < -0.3 is 10.1 Å². The Hall–Kier alpha value is -1.02. The van der Waals surface area contributed by atoms with Crippen LogP contribution >= 0.6 is 0 Å². The number of fused-ring (bicyclic) bond motifs is 1. The molecule has 104 valence electrons. The number of benzene rings is 1. The number of aryl methyl sites for hydroxylation is 1.